The van der Waals surface area contributed by atoms with Crippen molar-refractivity contribution in [3.63, 3.8) is 0 Å². The summed E-state index contributed by atoms with van der Waals surface area (Å²) >= 11 is 0. The van der Waals surface area contributed by atoms with E-state index in [9.17, 15) is 13.2 Å². The predicted molar refractivity (Wildman–Crippen MR) is 97.0 cm³/mol. The molecule has 0 aromatic carbocycles. The maximum Gasteiger partial charge on any atom is 0.238 e. The number of sulfonamides is 1. The third-order valence-electron chi connectivity index (χ3n) is 3.88. The summed E-state index contributed by atoms with van der Waals surface area (Å²) in [6.07, 6.45) is 4.75. The van der Waals surface area contributed by atoms with E-state index >= 15 is 0 Å². The summed E-state index contributed by atoms with van der Waals surface area (Å²) in [5, 5.41) is 0. The normalized spacial score (nSPS) is 12.1. The standard InChI is InChI=1S/C17H31N3O3S/c1-6-7-11-20(24(5,22)23)14-17(21)19(12-15(2)3)13-16-9-8-10-18(16)4/h8-10,15H,6-7,11-14H2,1-5H3. The molecule has 0 radical (unpaired) electrons. The van der Waals surface area contributed by atoms with E-state index < -0.39 is 10.0 Å². The average molecular weight is 358 g/mol. The Morgan fingerprint density at radius 2 is 2.00 bits per heavy atom. The fourth-order valence-electron chi connectivity index (χ4n) is 2.50. The molecule has 0 atom stereocenters. The number of amides is 1. The van der Waals surface area contributed by atoms with Crippen molar-refractivity contribution in [2.75, 3.05) is 25.9 Å². The molecule has 1 aromatic rings. The number of carbonyl (C=O) groups is 1. The van der Waals surface area contributed by atoms with Gasteiger partial charge in [-0.15, -0.1) is 0 Å². The van der Waals surface area contributed by atoms with Crippen LogP contribution in [0.1, 0.15) is 39.3 Å². The monoisotopic (exact) mass is 357 g/mol. The summed E-state index contributed by atoms with van der Waals surface area (Å²) in [6, 6.07) is 3.92. The number of aromatic nitrogens is 1. The van der Waals surface area contributed by atoms with E-state index in [0.29, 0.717) is 25.6 Å². The molecule has 0 fully saturated rings. The van der Waals surface area contributed by atoms with Crippen molar-refractivity contribution in [1.29, 1.82) is 0 Å². The van der Waals surface area contributed by atoms with Crippen LogP contribution in [0.5, 0.6) is 0 Å². The van der Waals surface area contributed by atoms with Crippen LogP contribution in [0.25, 0.3) is 0 Å². The first-order valence-corrected chi connectivity index (χ1v) is 10.3. The lowest BCUT2D eigenvalue weighted by Crippen LogP contribution is -2.44. The Morgan fingerprint density at radius 3 is 2.46 bits per heavy atom. The molecule has 0 aliphatic heterocycles. The number of hydrogen-bond donors (Lipinski definition) is 0. The lowest BCUT2D eigenvalue weighted by Gasteiger charge is -2.28. The molecule has 1 aromatic heterocycles. The highest BCUT2D eigenvalue weighted by molar-refractivity contribution is 7.88. The third-order valence-corrected chi connectivity index (χ3v) is 5.13. The van der Waals surface area contributed by atoms with Crippen molar-refractivity contribution >= 4 is 15.9 Å². The molecule has 0 bridgehead atoms. The van der Waals surface area contributed by atoms with Gasteiger partial charge in [-0.2, -0.15) is 4.31 Å². The molecule has 0 N–H and O–H groups in total. The smallest absolute Gasteiger partial charge is 0.238 e. The Balaban J connectivity index is 2.87. The highest BCUT2D eigenvalue weighted by Gasteiger charge is 2.24. The van der Waals surface area contributed by atoms with Crippen LogP contribution in [0, 0.1) is 5.92 Å². The van der Waals surface area contributed by atoms with E-state index in [2.05, 4.69) is 13.8 Å². The molecule has 0 spiro atoms. The minimum Gasteiger partial charge on any atom is -0.353 e. The van der Waals surface area contributed by atoms with Crippen LogP contribution >= 0.6 is 0 Å². The summed E-state index contributed by atoms with van der Waals surface area (Å²) < 4.78 is 27.1. The van der Waals surface area contributed by atoms with Crippen LogP contribution in [0.15, 0.2) is 18.3 Å². The van der Waals surface area contributed by atoms with E-state index in [1.807, 2.05) is 36.9 Å². The highest BCUT2D eigenvalue weighted by atomic mass is 32.2. The Kier molecular flexibility index (Phi) is 7.96. The molecule has 0 saturated heterocycles. The quantitative estimate of drug-likeness (QED) is 0.644. The van der Waals surface area contributed by atoms with E-state index in [4.69, 9.17) is 0 Å². The second kappa shape index (κ2) is 9.22. The summed E-state index contributed by atoms with van der Waals surface area (Å²) in [5.41, 5.74) is 1.03. The van der Waals surface area contributed by atoms with Crippen molar-refractivity contribution in [3.05, 3.63) is 24.0 Å². The number of carbonyl (C=O) groups excluding carboxylic acids is 1. The van der Waals surface area contributed by atoms with Gasteiger partial charge in [0.25, 0.3) is 0 Å². The van der Waals surface area contributed by atoms with Gasteiger partial charge in [-0.25, -0.2) is 8.42 Å². The molecule has 0 saturated carbocycles. The van der Waals surface area contributed by atoms with Crippen LogP contribution in [-0.2, 0) is 28.4 Å². The maximum atomic E-state index is 12.7. The van der Waals surface area contributed by atoms with Crippen LogP contribution in [0.3, 0.4) is 0 Å². The van der Waals surface area contributed by atoms with Crippen molar-refractivity contribution in [2.45, 2.75) is 40.2 Å². The lowest BCUT2D eigenvalue weighted by molar-refractivity contribution is -0.132. The van der Waals surface area contributed by atoms with Gasteiger partial charge in [0.2, 0.25) is 15.9 Å². The van der Waals surface area contributed by atoms with Gasteiger partial charge < -0.3 is 9.47 Å². The average Bonchev–Trinajstić information content (AvgIpc) is 2.86. The van der Waals surface area contributed by atoms with Gasteiger partial charge in [0.05, 0.1) is 19.3 Å². The van der Waals surface area contributed by atoms with E-state index in [-0.39, 0.29) is 12.5 Å². The molecular formula is C17H31N3O3S. The van der Waals surface area contributed by atoms with Crippen LogP contribution < -0.4 is 0 Å². The van der Waals surface area contributed by atoms with Gasteiger partial charge in [-0.3, -0.25) is 4.79 Å². The van der Waals surface area contributed by atoms with Crippen molar-refractivity contribution < 1.29 is 13.2 Å². The van der Waals surface area contributed by atoms with Crippen LogP contribution in [-0.4, -0.2) is 54.0 Å². The molecule has 1 heterocycles. The van der Waals surface area contributed by atoms with Crippen molar-refractivity contribution in [3.8, 4) is 0 Å². The maximum absolute atomic E-state index is 12.7. The molecule has 6 nitrogen and oxygen atoms in total. The molecule has 0 unspecified atom stereocenters. The minimum absolute atomic E-state index is 0.0873. The number of unbranched alkanes of at least 4 members (excludes halogenated alkanes) is 1. The molecule has 24 heavy (non-hydrogen) atoms. The number of nitrogens with zero attached hydrogens (tertiary/aromatic N) is 3. The minimum atomic E-state index is -3.38. The Bertz CT molecular complexity index is 623. The van der Waals surface area contributed by atoms with Gasteiger partial charge in [0.15, 0.2) is 0 Å². The van der Waals surface area contributed by atoms with Gasteiger partial charge in [0.1, 0.15) is 0 Å². The number of hydrogen-bond acceptors (Lipinski definition) is 3. The zero-order valence-corrected chi connectivity index (χ0v) is 16.3. The lowest BCUT2D eigenvalue weighted by atomic mass is 10.2. The second-order valence-corrected chi connectivity index (χ2v) is 8.71. The van der Waals surface area contributed by atoms with Gasteiger partial charge >= 0.3 is 0 Å². The fraction of sp³-hybridized carbons (Fsp3) is 0.706. The van der Waals surface area contributed by atoms with Crippen molar-refractivity contribution in [1.82, 2.24) is 13.8 Å². The first kappa shape index (κ1) is 20.7. The Morgan fingerprint density at radius 1 is 1.33 bits per heavy atom. The first-order chi connectivity index (χ1) is 11.1. The fourth-order valence-corrected chi connectivity index (χ4v) is 3.30. The largest absolute Gasteiger partial charge is 0.353 e. The molecule has 1 rings (SSSR count). The van der Waals surface area contributed by atoms with Crippen molar-refractivity contribution in [2.24, 2.45) is 13.0 Å². The molecular weight excluding hydrogens is 326 g/mol. The second-order valence-electron chi connectivity index (χ2n) is 6.73. The zero-order valence-electron chi connectivity index (χ0n) is 15.5. The Labute approximate surface area is 146 Å². The molecule has 1 amide bonds. The third kappa shape index (κ3) is 6.65. The summed E-state index contributed by atoms with van der Waals surface area (Å²) in [4.78, 5) is 14.5. The topological polar surface area (TPSA) is 62.6 Å². The Hall–Kier alpha value is -1.34. The molecule has 0 aliphatic carbocycles. The van der Waals surface area contributed by atoms with Gasteiger partial charge in [-0.05, 0) is 24.5 Å². The van der Waals surface area contributed by atoms with Gasteiger partial charge in [-0.1, -0.05) is 27.2 Å². The predicted octanol–water partition coefficient (Wildman–Crippen LogP) is 2.07. The molecule has 0 aliphatic rings. The number of rotatable bonds is 10. The SMILES string of the molecule is CCCCN(CC(=O)N(Cc1cccn1C)CC(C)C)S(C)(=O)=O. The van der Waals surface area contributed by atoms with E-state index in [0.717, 1.165) is 18.5 Å². The van der Waals surface area contributed by atoms with E-state index in [1.165, 1.54) is 10.6 Å². The van der Waals surface area contributed by atoms with E-state index in [1.54, 1.807) is 4.90 Å². The number of aryl methyl sites for hydroxylation is 1. The van der Waals surface area contributed by atoms with Crippen LogP contribution in [0.2, 0.25) is 0 Å². The highest BCUT2D eigenvalue weighted by Crippen LogP contribution is 2.10. The summed E-state index contributed by atoms with van der Waals surface area (Å²) in [7, 11) is -1.44. The zero-order chi connectivity index (χ0) is 18.3. The molecule has 7 heteroatoms. The van der Waals surface area contributed by atoms with Gasteiger partial charge in [0, 0.05) is 32.0 Å². The first-order valence-electron chi connectivity index (χ1n) is 8.48. The summed E-state index contributed by atoms with van der Waals surface area (Å²) in [5.74, 6) is 0.169. The summed E-state index contributed by atoms with van der Waals surface area (Å²) in [6.45, 7) is 7.51. The van der Waals surface area contributed by atoms with Crippen LogP contribution in [0.4, 0.5) is 0 Å². The molecule has 138 valence electrons.